The minimum atomic E-state index is -3.28. The zero-order valence-corrected chi connectivity index (χ0v) is 11.5. The Morgan fingerprint density at radius 1 is 1.41 bits per heavy atom. The number of nitrogens with zero attached hydrogens (tertiary/aromatic N) is 3. The predicted octanol–water partition coefficient (Wildman–Crippen LogP) is 1.41. The summed E-state index contributed by atoms with van der Waals surface area (Å²) in [5, 5.41) is 1.08. The highest BCUT2D eigenvalue weighted by atomic mass is 32.2. The van der Waals surface area contributed by atoms with E-state index in [1.54, 1.807) is 22.1 Å². The molecule has 0 radical (unpaired) electrons. The molecule has 92 valence electrons. The molecule has 0 amide bonds. The van der Waals surface area contributed by atoms with Gasteiger partial charge in [0.1, 0.15) is 0 Å². The summed E-state index contributed by atoms with van der Waals surface area (Å²) >= 11 is 1.58. The number of hydrogen-bond acceptors (Lipinski definition) is 5. The quantitative estimate of drug-likeness (QED) is 0.846. The summed E-state index contributed by atoms with van der Waals surface area (Å²) in [6, 6.07) is 0. The van der Waals surface area contributed by atoms with E-state index in [0.29, 0.717) is 6.54 Å². The molecule has 2 aromatic rings. The van der Waals surface area contributed by atoms with E-state index < -0.39 is 9.84 Å². The molecule has 0 bridgehead atoms. The maximum atomic E-state index is 11.5. The summed E-state index contributed by atoms with van der Waals surface area (Å²) in [7, 11) is -3.28. The molecule has 0 N–H and O–H groups in total. The molecule has 0 aliphatic heterocycles. The Balaban J connectivity index is 2.38. The molecule has 0 atom stereocenters. The highest BCUT2D eigenvalue weighted by molar-refractivity contribution is 7.90. The highest BCUT2D eigenvalue weighted by Gasteiger charge is 2.16. The lowest BCUT2D eigenvalue weighted by molar-refractivity contribution is 0.579. The number of aryl methyl sites for hydroxylation is 2. The Bertz CT molecular complexity index is 640. The number of thiazole rings is 1. The van der Waals surface area contributed by atoms with E-state index in [0.717, 1.165) is 21.8 Å². The fraction of sp³-hybridized carbons (Fsp3) is 0.400. The highest BCUT2D eigenvalue weighted by Crippen LogP contribution is 2.19. The molecule has 17 heavy (non-hydrogen) atoms. The van der Waals surface area contributed by atoms with Crippen LogP contribution in [0.5, 0.6) is 0 Å². The van der Waals surface area contributed by atoms with Crippen molar-refractivity contribution in [2.45, 2.75) is 25.5 Å². The number of rotatable bonds is 3. The molecule has 0 aromatic carbocycles. The third kappa shape index (κ3) is 2.55. The third-order valence-electron chi connectivity index (χ3n) is 2.32. The van der Waals surface area contributed by atoms with Gasteiger partial charge in [0.05, 0.1) is 17.2 Å². The van der Waals surface area contributed by atoms with Crippen molar-refractivity contribution >= 4 is 21.2 Å². The second kappa shape index (κ2) is 4.23. The number of aromatic nitrogens is 3. The lowest BCUT2D eigenvalue weighted by atomic mass is 10.4. The van der Waals surface area contributed by atoms with Crippen molar-refractivity contribution in [1.29, 1.82) is 0 Å². The second-order valence-electron chi connectivity index (χ2n) is 3.85. The van der Waals surface area contributed by atoms with Gasteiger partial charge in [-0.1, -0.05) is 0 Å². The van der Waals surface area contributed by atoms with Gasteiger partial charge in [-0.15, -0.1) is 11.3 Å². The molecule has 0 spiro atoms. The second-order valence-corrected chi connectivity index (χ2v) is 7.05. The van der Waals surface area contributed by atoms with E-state index in [4.69, 9.17) is 0 Å². The van der Waals surface area contributed by atoms with E-state index in [-0.39, 0.29) is 5.16 Å². The lowest BCUT2D eigenvalue weighted by Gasteiger charge is -2.04. The van der Waals surface area contributed by atoms with Crippen LogP contribution in [0.25, 0.3) is 0 Å². The van der Waals surface area contributed by atoms with Crippen LogP contribution in [-0.4, -0.2) is 29.2 Å². The van der Waals surface area contributed by atoms with Gasteiger partial charge in [-0.05, 0) is 13.8 Å². The molecule has 0 saturated carbocycles. The van der Waals surface area contributed by atoms with Crippen LogP contribution in [0, 0.1) is 13.8 Å². The summed E-state index contributed by atoms with van der Waals surface area (Å²) in [4.78, 5) is 9.26. The van der Waals surface area contributed by atoms with Crippen molar-refractivity contribution in [3.8, 4) is 0 Å². The van der Waals surface area contributed by atoms with Gasteiger partial charge >= 0.3 is 0 Å². The van der Waals surface area contributed by atoms with Gasteiger partial charge in [-0.2, -0.15) is 0 Å². The van der Waals surface area contributed by atoms with Crippen LogP contribution in [-0.2, 0) is 16.4 Å². The topological polar surface area (TPSA) is 64.8 Å². The van der Waals surface area contributed by atoms with Gasteiger partial charge in [0.25, 0.3) is 0 Å². The summed E-state index contributed by atoms with van der Waals surface area (Å²) < 4.78 is 24.6. The van der Waals surface area contributed by atoms with E-state index in [1.165, 1.54) is 6.20 Å². The van der Waals surface area contributed by atoms with Gasteiger partial charge in [0, 0.05) is 23.5 Å². The van der Waals surface area contributed by atoms with E-state index >= 15 is 0 Å². The first-order valence-electron chi connectivity index (χ1n) is 5.02. The summed E-state index contributed by atoms with van der Waals surface area (Å²) in [6.45, 7) is 4.36. The molecule has 0 fully saturated rings. The van der Waals surface area contributed by atoms with Crippen LogP contribution in [0.3, 0.4) is 0 Å². The molecule has 2 aromatic heterocycles. The van der Waals surface area contributed by atoms with Crippen LogP contribution >= 0.6 is 11.3 Å². The fourth-order valence-electron chi connectivity index (χ4n) is 1.62. The van der Waals surface area contributed by atoms with Crippen molar-refractivity contribution in [1.82, 2.24) is 14.5 Å². The molecule has 2 rings (SSSR count). The van der Waals surface area contributed by atoms with E-state index in [9.17, 15) is 8.42 Å². The van der Waals surface area contributed by atoms with Crippen LogP contribution in [0.4, 0.5) is 0 Å². The van der Waals surface area contributed by atoms with Crippen LogP contribution in [0.1, 0.15) is 15.6 Å². The average molecular weight is 271 g/mol. The molecule has 0 saturated heterocycles. The number of imidazole rings is 1. The average Bonchev–Trinajstić information content (AvgIpc) is 2.74. The van der Waals surface area contributed by atoms with Crippen molar-refractivity contribution in [2.24, 2.45) is 0 Å². The van der Waals surface area contributed by atoms with Crippen LogP contribution in [0.15, 0.2) is 17.6 Å². The van der Waals surface area contributed by atoms with E-state index in [1.807, 2.05) is 13.8 Å². The molecule has 7 heteroatoms. The van der Waals surface area contributed by atoms with Gasteiger partial charge in [-0.3, -0.25) is 0 Å². The largest absolute Gasteiger partial charge is 0.317 e. The van der Waals surface area contributed by atoms with Crippen molar-refractivity contribution < 1.29 is 8.42 Å². The molecule has 0 aliphatic rings. The van der Waals surface area contributed by atoms with Gasteiger partial charge in [0.2, 0.25) is 15.0 Å². The molecule has 2 heterocycles. The Kier molecular flexibility index (Phi) is 3.05. The zero-order valence-electron chi connectivity index (χ0n) is 9.84. The minimum absolute atomic E-state index is 0.1000. The first-order chi connectivity index (χ1) is 7.88. The maximum Gasteiger partial charge on any atom is 0.227 e. The van der Waals surface area contributed by atoms with E-state index in [2.05, 4.69) is 9.97 Å². The van der Waals surface area contributed by atoms with Crippen LogP contribution < -0.4 is 0 Å². The lowest BCUT2D eigenvalue weighted by Crippen LogP contribution is -2.09. The SMILES string of the molecule is Cc1nc(C)c(Cn2ccnc2S(C)(=O)=O)s1. The molecular formula is C10H13N3O2S2. The van der Waals surface area contributed by atoms with Gasteiger partial charge in [-0.25, -0.2) is 18.4 Å². The summed E-state index contributed by atoms with van der Waals surface area (Å²) in [6.07, 6.45) is 4.33. The first-order valence-corrected chi connectivity index (χ1v) is 7.73. The zero-order chi connectivity index (χ0) is 12.6. The predicted molar refractivity (Wildman–Crippen MR) is 66.0 cm³/mol. The fourth-order valence-corrected chi connectivity index (χ4v) is 3.36. The number of hydrogen-bond donors (Lipinski definition) is 0. The molecule has 5 nitrogen and oxygen atoms in total. The van der Waals surface area contributed by atoms with Crippen LogP contribution in [0.2, 0.25) is 0 Å². The Labute approximate surface area is 104 Å². The number of sulfone groups is 1. The molecule has 0 unspecified atom stereocenters. The molecular weight excluding hydrogens is 258 g/mol. The smallest absolute Gasteiger partial charge is 0.227 e. The normalized spacial score (nSPS) is 11.9. The Hall–Kier alpha value is -1.21. The minimum Gasteiger partial charge on any atom is -0.317 e. The molecule has 0 aliphatic carbocycles. The standard InChI is InChI=1S/C10H13N3O2S2/c1-7-9(16-8(2)12-7)6-13-5-4-11-10(13)17(3,14)15/h4-5H,6H2,1-3H3. The Morgan fingerprint density at radius 2 is 2.12 bits per heavy atom. The third-order valence-corrected chi connectivity index (χ3v) is 4.38. The maximum absolute atomic E-state index is 11.5. The van der Waals surface area contributed by atoms with Crippen molar-refractivity contribution in [3.63, 3.8) is 0 Å². The Morgan fingerprint density at radius 3 is 2.65 bits per heavy atom. The van der Waals surface area contributed by atoms with Crippen molar-refractivity contribution in [3.05, 3.63) is 28.0 Å². The summed E-state index contributed by atoms with van der Waals surface area (Å²) in [5.41, 5.74) is 0.945. The van der Waals surface area contributed by atoms with Gasteiger partial charge in [0.15, 0.2) is 0 Å². The van der Waals surface area contributed by atoms with Crippen molar-refractivity contribution in [2.75, 3.05) is 6.26 Å². The van der Waals surface area contributed by atoms with Gasteiger partial charge < -0.3 is 4.57 Å². The first kappa shape index (κ1) is 12.3. The summed E-state index contributed by atoms with van der Waals surface area (Å²) in [5.74, 6) is 0. The monoisotopic (exact) mass is 271 g/mol.